The highest BCUT2D eigenvalue weighted by Gasteiger charge is 2.94. The fraction of sp³-hybridized carbons (Fsp3) is 0.765. The second-order valence-corrected chi connectivity index (χ2v) is 14.6. The van der Waals surface area contributed by atoms with Crippen molar-refractivity contribution in [2.24, 2.45) is 34.5 Å². The molecule has 240 valence electrons. The molecule has 0 unspecified atom stereocenters. The number of carbonyl (C=O) groups excluding carboxylic acids is 2. The summed E-state index contributed by atoms with van der Waals surface area (Å²) in [7, 11) is 6.80. The zero-order valence-corrected chi connectivity index (χ0v) is 26.6. The zero-order valence-electron chi connectivity index (χ0n) is 26.6. The van der Waals surface area contributed by atoms with Crippen molar-refractivity contribution in [1.29, 1.82) is 0 Å². The smallest absolute Gasteiger partial charge is 0.338 e. The SMILES string of the molecule is CCN1C[C@]2(C)CC[C@H](OC)[C@@]34[C@@H]5C[C@H]6[C@H](OC)[C@@H]5[C@@]5(C[C@@H]6OC)OCO[C@@]5([C@@H](OC(=O)c5ccc(C(=O)OC)cc5)[C@H]23)[C@@H]14. The third kappa shape index (κ3) is 3.13. The summed E-state index contributed by atoms with van der Waals surface area (Å²) in [5.74, 6) is -0.338. The van der Waals surface area contributed by atoms with Gasteiger partial charge in [-0.1, -0.05) is 13.8 Å². The quantitative estimate of drug-likeness (QED) is 0.427. The lowest BCUT2D eigenvalue weighted by molar-refractivity contribution is -0.282. The number of esters is 2. The predicted molar refractivity (Wildman–Crippen MR) is 156 cm³/mol. The molecule has 1 aromatic rings. The largest absolute Gasteiger partial charge is 0.465 e. The van der Waals surface area contributed by atoms with Crippen LogP contribution in [0.1, 0.15) is 60.2 Å². The van der Waals surface area contributed by atoms with Crippen LogP contribution in [0.2, 0.25) is 0 Å². The van der Waals surface area contributed by atoms with Gasteiger partial charge in [0.15, 0.2) is 5.60 Å². The molecule has 0 N–H and O–H groups in total. The van der Waals surface area contributed by atoms with Gasteiger partial charge in [0.05, 0.1) is 42.6 Å². The van der Waals surface area contributed by atoms with Crippen LogP contribution in [-0.4, -0.2) is 107 Å². The number of methoxy groups -OCH3 is 4. The minimum absolute atomic E-state index is 0.00576. The number of likely N-dealkylation sites (N-methyl/N-ethyl adjacent to an activating group) is 1. The van der Waals surface area contributed by atoms with Gasteiger partial charge in [-0.05, 0) is 61.4 Å². The van der Waals surface area contributed by atoms with Crippen LogP contribution < -0.4 is 0 Å². The van der Waals surface area contributed by atoms with E-state index in [4.69, 9.17) is 33.2 Å². The van der Waals surface area contributed by atoms with Crippen LogP contribution >= 0.6 is 0 Å². The van der Waals surface area contributed by atoms with Crippen LogP contribution in [0.4, 0.5) is 0 Å². The lowest BCUT2D eigenvalue weighted by atomic mass is 9.43. The van der Waals surface area contributed by atoms with Gasteiger partial charge in [-0.25, -0.2) is 9.59 Å². The molecule has 8 rings (SSSR count). The summed E-state index contributed by atoms with van der Waals surface area (Å²) < 4.78 is 44.9. The van der Waals surface area contributed by atoms with Crippen molar-refractivity contribution in [3.8, 4) is 0 Å². The molecule has 5 aliphatic carbocycles. The Bertz CT molecular complexity index is 1350. The molecular formula is C34H45NO9. The fourth-order valence-corrected chi connectivity index (χ4v) is 12.6. The number of carbonyl (C=O) groups is 2. The molecule has 44 heavy (non-hydrogen) atoms. The van der Waals surface area contributed by atoms with E-state index in [9.17, 15) is 9.59 Å². The van der Waals surface area contributed by atoms with Gasteiger partial charge in [-0.2, -0.15) is 0 Å². The van der Waals surface area contributed by atoms with Gasteiger partial charge in [0.1, 0.15) is 18.5 Å². The monoisotopic (exact) mass is 611 g/mol. The summed E-state index contributed by atoms with van der Waals surface area (Å²) in [5.41, 5.74) is -1.38. The second-order valence-electron chi connectivity index (χ2n) is 14.6. The molecule has 2 saturated heterocycles. The second kappa shape index (κ2) is 9.72. The highest BCUT2D eigenvalue weighted by molar-refractivity contribution is 5.93. The number of benzene rings is 1. The molecule has 0 aromatic heterocycles. The molecule has 7 bridgehead atoms. The molecule has 10 heteroatoms. The molecule has 0 radical (unpaired) electrons. The molecule has 7 fully saturated rings. The Balaban J connectivity index is 1.34. The summed E-state index contributed by atoms with van der Waals surface area (Å²) in [6.07, 6.45) is 2.84. The molecule has 5 saturated carbocycles. The van der Waals surface area contributed by atoms with Crippen LogP contribution in [0.25, 0.3) is 0 Å². The van der Waals surface area contributed by atoms with Crippen molar-refractivity contribution in [2.75, 3.05) is 48.3 Å². The van der Waals surface area contributed by atoms with Crippen LogP contribution in [0.15, 0.2) is 24.3 Å². The van der Waals surface area contributed by atoms with Gasteiger partial charge in [0.2, 0.25) is 0 Å². The topological polar surface area (TPSA) is 102 Å². The maximum absolute atomic E-state index is 14.2. The Morgan fingerprint density at radius 3 is 2.36 bits per heavy atom. The average molecular weight is 612 g/mol. The van der Waals surface area contributed by atoms with Crippen molar-refractivity contribution in [3.05, 3.63) is 35.4 Å². The number of rotatable bonds is 7. The molecule has 2 heterocycles. The summed E-state index contributed by atoms with van der Waals surface area (Å²) in [6.45, 7) is 6.51. The minimum atomic E-state index is -0.932. The normalized spacial score (nSPS) is 49.5. The summed E-state index contributed by atoms with van der Waals surface area (Å²) in [6, 6.07) is 6.43. The van der Waals surface area contributed by atoms with E-state index in [2.05, 4.69) is 18.7 Å². The number of ether oxygens (including phenoxy) is 7. The maximum Gasteiger partial charge on any atom is 0.338 e. The minimum Gasteiger partial charge on any atom is -0.465 e. The van der Waals surface area contributed by atoms with Gasteiger partial charge >= 0.3 is 11.9 Å². The fourth-order valence-electron chi connectivity index (χ4n) is 12.6. The lowest BCUT2D eigenvalue weighted by Crippen LogP contribution is -2.81. The van der Waals surface area contributed by atoms with E-state index in [-0.39, 0.29) is 65.6 Å². The van der Waals surface area contributed by atoms with Gasteiger partial charge < -0.3 is 33.2 Å². The Hall–Kier alpha value is -2.08. The van der Waals surface area contributed by atoms with Crippen LogP contribution in [0, 0.1) is 34.5 Å². The van der Waals surface area contributed by atoms with Crippen LogP contribution in [-0.2, 0) is 33.2 Å². The Labute approximate surface area is 258 Å². The van der Waals surface area contributed by atoms with Crippen LogP contribution in [0.3, 0.4) is 0 Å². The first-order valence-electron chi connectivity index (χ1n) is 16.2. The third-order valence-electron chi connectivity index (χ3n) is 13.6. The van der Waals surface area contributed by atoms with Gasteiger partial charge in [-0.15, -0.1) is 0 Å². The average Bonchev–Trinajstić information content (AvgIpc) is 3.63. The molecular weight excluding hydrogens is 566 g/mol. The molecule has 2 aliphatic heterocycles. The molecule has 0 amide bonds. The summed E-state index contributed by atoms with van der Waals surface area (Å²) >= 11 is 0. The number of hydrogen-bond donors (Lipinski definition) is 0. The van der Waals surface area contributed by atoms with E-state index >= 15 is 0 Å². The number of piperidine rings is 1. The van der Waals surface area contributed by atoms with E-state index < -0.39 is 29.2 Å². The van der Waals surface area contributed by atoms with E-state index in [1.54, 1.807) is 31.4 Å². The summed E-state index contributed by atoms with van der Waals surface area (Å²) in [4.78, 5) is 28.9. The van der Waals surface area contributed by atoms with Crippen molar-refractivity contribution in [1.82, 2.24) is 4.90 Å². The molecule has 1 aromatic carbocycles. The highest BCUT2D eigenvalue weighted by Crippen LogP contribution is 2.82. The maximum atomic E-state index is 14.2. The number of nitrogens with zero attached hydrogens (tertiary/aromatic N) is 1. The molecule has 10 nitrogen and oxygen atoms in total. The van der Waals surface area contributed by atoms with Gasteiger partial charge in [0, 0.05) is 57.5 Å². The first kappa shape index (κ1) is 29.3. The van der Waals surface area contributed by atoms with Crippen molar-refractivity contribution in [2.45, 2.75) is 81.2 Å². The third-order valence-corrected chi connectivity index (χ3v) is 13.6. The van der Waals surface area contributed by atoms with Crippen molar-refractivity contribution in [3.63, 3.8) is 0 Å². The number of fused-ring (bicyclic) bond motifs is 1. The lowest BCUT2D eigenvalue weighted by Gasteiger charge is -2.69. The van der Waals surface area contributed by atoms with Crippen molar-refractivity contribution < 1.29 is 42.7 Å². The first-order valence-corrected chi connectivity index (χ1v) is 16.2. The number of hydrogen-bond acceptors (Lipinski definition) is 10. The molecule has 7 aliphatic rings. The van der Waals surface area contributed by atoms with Gasteiger partial charge in [0.25, 0.3) is 0 Å². The zero-order chi connectivity index (χ0) is 30.8. The van der Waals surface area contributed by atoms with E-state index in [0.717, 1.165) is 32.4 Å². The van der Waals surface area contributed by atoms with Crippen LogP contribution in [0.5, 0.6) is 0 Å². The first-order chi connectivity index (χ1) is 21.2. The van der Waals surface area contributed by atoms with E-state index in [0.29, 0.717) is 17.5 Å². The summed E-state index contributed by atoms with van der Waals surface area (Å²) in [5, 5.41) is 0. The molecule has 3 spiro atoms. The Morgan fingerprint density at radius 1 is 1.00 bits per heavy atom. The van der Waals surface area contributed by atoms with Gasteiger partial charge in [-0.3, -0.25) is 4.90 Å². The standard InChI is InChI=1S/C34H45NO9/c1-7-35-16-31(2)13-12-23(39-4)33-21-14-20-22(38-3)15-32(24(21)25(20)40-5)34(30(33)35,43-17-42-32)27(26(31)33)44-29(37)19-10-8-18(9-11-19)28(36)41-6/h8-11,20-27,30H,7,12-17H2,1-6H3/t20-,21-,22+,23+,24-,25+,26-,27+,30+,31+,32-,33+,34+/m1/s1. The predicted octanol–water partition coefficient (Wildman–Crippen LogP) is 3.32. The number of likely N-dealkylation sites (tertiary alicyclic amines) is 1. The highest BCUT2D eigenvalue weighted by atomic mass is 16.7. The van der Waals surface area contributed by atoms with Crippen molar-refractivity contribution >= 4 is 11.9 Å². The Morgan fingerprint density at radius 2 is 1.73 bits per heavy atom. The van der Waals surface area contributed by atoms with E-state index in [1.807, 2.05) is 14.2 Å². The van der Waals surface area contributed by atoms with E-state index in [1.165, 1.54) is 7.11 Å². The Kier molecular flexibility index (Phi) is 6.48. The molecule has 13 atom stereocenters.